The van der Waals surface area contributed by atoms with E-state index in [-0.39, 0.29) is 5.56 Å². The van der Waals surface area contributed by atoms with Crippen molar-refractivity contribution in [2.45, 2.75) is 25.3 Å². The molecule has 19 heavy (non-hydrogen) atoms. The number of benzene rings is 1. The zero-order valence-electron chi connectivity index (χ0n) is 10.3. The molecule has 0 bridgehead atoms. The highest BCUT2D eigenvalue weighted by Gasteiger charge is 2.29. The molecular weight excluding hydrogens is 251 g/mol. The number of carboxylic acid groups (broad SMARTS) is 1. The number of aromatic carboxylic acids is 1. The predicted molar refractivity (Wildman–Crippen MR) is 67.5 cm³/mol. The number of hydrogen-bond acceptors (Lipinski definition) is 3. The third-order valence-corrected chi connectivity index (χ3v) is 3.33. The number of rotatable bonds is 3. The summed E-state index contributed by atoms with van der Waals surface area (Å²) in [5.41, 5.74) is 5.55. The number of carbonyl (C=O) groups is 2. The number of carboxylic acids is 1. The van der Waals surface area contributed by atoms with E-state index in [1.54, 1.807) is 4.90 Å². The van der Waals surface area contributed by atoms with E-state index in [1.807, 2.05) is 0 Å². The molecule has 1 aromatic carbocycles. The first-order chi connectivity index (χ1) is 9.00. The quantitative estimate of drug-likeness (QED) is 0.865. The second-order valence-corrected chi connectivity index (χ2v) is 4.57. The van der Waals surface area contributed by atoms with Crippen LogP contribution in [0.3, 0.4) is 0 Å². The van der Waals surface area contributed by atoms with Crippen molar-refractivity contribution < 1.29 is 19.1 Å². The Balaban J connectivity index is 2.44. The molecule has 1 saturated heterocycles. The van der Waals surface area contributed by atoms with Gasteiger partial charge in [0, 0.05) is 6.54 Å². The molecule has 3 N–H and O–H groups in total. The molecule has 1 aliphatic heterocycles. The minimum Gasteiger partial charge on any atom is -0.478 e. The van der Waals surface area contributed by atoms with Gasteiger partial charge in [0.25, 0.3) is 0 Å². The molecule has 102 valence electrons. The maximum atomic E-state index is 13.2. The molecule has 5 nitrogen and oxygen atoms in total. The molecule has 2 rings (SSSR count). The molecular formula is C13H15FN2O3. The van der Waals surface area contributed by atoms with Crippen LogP contribution >= 0.6 is 0 Å². The number of amides is 1. The van der Waals surface area contributed by atoms with Crippen molar-refractivity contribution >= 4 is 17.6 Å². The van der Waals surface area contributed by atoms with Gasteiger partial charge in [0.1, 0.15) is 11.9 Å². The molecule has 0 spiro atoms. The van der Waals surface area contributed by atoms with Crippen LogP contribution in [0.1, 0.15) is 29.6 Å². The Labute approximate surface area is 109 Å². The molecule has 0 saturated carbocycles. The van der Waals surface area contributed by atoms with Crippen LogP contribution in [0.4, 0.5) is 10.1 Å². The predicted octanol–water partition coefficient (Wildman–Crippen LogP) is 1.37. The standard InChI is InChI=1S/C13H15FN2O3/c14-8-4-5-10(9(7-8)13(18)19)16-6-2-1-3-11(16)12(15)17/h4-5,7,11H,1-3,6H2,(H2,15,17)(H,18,19). The van der Waals surface area contributed by atoms with E-state index in [2.05, 4.69) is 0 Å². The zero-order chi connectivity index (χ0) is 14.0. The first-order valence-corrected chi connectivity index (χ1v) is 6.09. The monoisotopic (exact) mass is 266 g/mol. The second-order valence-electron chi connectivity index (χ2n) is 4.57. The average Bonchev–Trinajstić information content (AvgIpc) is 2.38. The third-order valence-electron chi connectivity index (χ3n) is 3.33. The molecule has 1 fully saturated rings. The van der Waals surface area contributed by atoms with E-state index < -0.39 is 23.7 Å². The summed E-state index contributed by atoms with van der Waals surface area (Å²) >= 11 is 0. The highest BCUT2D eigenvalue weighted by atomic mass is 19.1. The van der Waals surface area contributed by atoms with Gasteiger partial charge in [-0.25, -0.2) is 9.18 Å². The highest BCUT2D eigenvalue weighted by Crippen LogP contribution is 2.28. The minimum atomic E-state index is -1.22. The normalized spacial score (nSPS) is 19.2. The Morgan fingerprint density at radius 3 is 2.74 bits per heavy atom. The lowest BCUT2D eigenvalue weighted by atomic mass is 9.99. The van der Waals surface area contributed by atoms with Gasteiger partial charge < -0.3 is 15.7 Å². The van der Waals surface area contributed by atoms with Gasteiger partial charge in [-0.2, -0.15) is 0 Å². The fraction of sp³-hybridized carbons (Fsp3) is 0.385. The molecule has 0 aromatic heterocycles. The summed E-state index contributed by atoms with van der Waals surface area (Å²) in [6.45, 7) is 0.541. The van der Waals surface area contributed by atoms with E-state index in [9.17, 15) is 14.0 Å². The van der Waals surface area contributed by atoms with Crippen molar-refractivity contribution in [1.82, 2.24) is 0 Å². The molecule has 6 heteroatoms. The van der Waals surface area contributed by atoms with Crippen molar-refractivity contribution in [3.63, 3.8) is 0 Å². The van der Waals surface area contributed by atoms with Crippen LogP contribution in [-0.2, 0) is 4.79 Å². The molecule has 1 amide bonds. The van der Waals surface area contributed by atoms with Gasteiger partial charge in [-0.3, -0.25) is 4.79 Å². The van der Waals surface area contributed by atoms with Crippen LogP contribution in [0.25, 0.3) is 0 Å². The second kappa shape index (κ2) is 5.26. The third kappa shape index (κ3) is 2.67. The number of anilines is 1. The number of hydrogen-bond donors (Lipinski definition) is 2. The van der Waals surface area contributed by atoms with Crippen LogP contribution in [0, 0.1) is 5.82 Å². The summed E-state index contributed by atoms with van der Waals surface area (Å²) in [5.74, 6) is -2.32. The van der Waals surface area contributed by atoms with Crippen LogP contribution in [0.5, 0.6) is 0 Å². The minimum absolute atomic E-state index is 0.145. The van der Waals surface area contributed by atoms with Crippen molar-refractivity contribution in [1.29, 1.82) is 0 Å². The Hall–Kier alpha value is -2.11. The summed E-state index contributed by atoms with van der Waals surface area (Å²) in [6.07, 6.45) is 2.31. The maximum absolute atomic E-state index is 13.2. The van der Waals surface area contributed by atoms with Crippen LogP contribution in [0.2, 0.25) is 0 Å². The first kappa shape index (κ1) is 13.3. The topological polar surface area (TPSA) is 83.6 Å². The highest BCUT2D eigenvalue weighted by molar-refractivity contribution is 5.96. The average molecular weight is 266 g/mol. The first-order valence-electron chi connectivity index (χ1n) is 6.09. The van der Waals surface area contributed by atoms with Gasteiger partial charge in [0.05, 0.1) is 11.3 Å². The summed E-state index contributed by atoms with van der Waals surface area (Å²) in [4.78, 5) is 24.3. The van der Waals surface area contributed by atoms with E-state index in [4.69, 9.17) is 10.8 Å². The van der Waals surface area contributed by atoms with Crippen molar-refractivity contribution in [3.05, 3.63) is 29.6 Å². The lowest BCUT2D eigenvalue weighted by Crippen LogP contribution is -2.48. The van der Waals surface area contributed by atoms with Gasteiger partial charge in [0.15, 0.2) is 0 Å². The fourth-order valence-corrected chi connectivity index (χ4v) is 2.45. The van der Waals surface area contributed by atoms with Gasteiger partial charge in [-0.05, 0) is 37.5 Å². The van der Waals surface area contributed by atoms with Gasteiger partial charge in [-0.1, -0.05) is 0 Å². The van der Waals surface area contributed by atoms with Gasteiger partial charge >= 0.3 is 5.97 Å². The number of carbonyl (C=O) groups excluding carboxylic acids is 1. The SMILES string of the molecule is NC(=O)C1CCCCN1c1ccc(F)cc1C(=O)O. The Morgan fingerprint density at radius 2 is 2.11 bits per heavy atom. The largest absolute Gasteiger partial charge is 0.478 e. The van der Waals surface area contributed by atoms with E-state index >= 15 is 0 Å². The summed E-state index contributed by atoms with van der Waals surface area (Å²) in [6, 6.07) is 3.01. The molecule has 1 aliphatic rings. The van der Waals surface area contributed by atoms with Crippen LogP contribution in [-0.4, -0.2) is 29.6 Å². The lowest BCUT2D eigenvalue weighted by molar-refractivity contribution is -0.119. The number of nitrogens with two attached hydrogens (primary N) is 1. The van der Waals surface area contributed by atoms with E-state index in [0.717, 1.165) is 18.9 Å². The van der Waals surface area contributed by atoms with E-state index in [0.29, 0.717) is 18.7 Å². The smallest absolute Gasteiger partial charge is 0.337 e. The number of halogens is 1. The summed E-state index contributed by atoms with van der Waals surface area (Å²) in [7, 11) is 0. The number of piperidine rings is 1. The molecule has 1 atom stereocenters. The number of primary amides is 1. The Morgan fingerprint density at radius 1 is 1.37 bits per heavy atom. The molecule has 0 radical (unpaired) electrons. The summed E-state index contributed by atoms with van der Waals surface area (Å²) < 4.78 is 13.2. The van der Waals surface area contributed by atoms with Crippen molar-refractivity contribution in [3.8, 4) is 0 Å². The maximum Gasteiger partial charge on any atom is 0.337 e. The Bertz CT molecular complexity index is 519. The fourth-order valence-electron chi connectivity index (χ4n) is 2.45. The molecule has 0 aliphatic carbocycles. The zero-order valence-corrected chi connectivity index (χ0v) is 10.3. The van der Waals surface area contributed by atoms with Crippen molar-refractivity contribution in [2.24, 2.45) is 5.73 Å². The van der Waals surface area contributed by atoms with Crippen LogP contribution in [0.15, 0.2) is 18.2 Å². The molecule has 1 aromatic rings. The number of nitrogens with zero attached hydrogens (tertiary/aromatic N) is 1. The van der Waals surface area contributed by atoms with Gasteiger partial charge in [-0.15, -0.1) is 0 Å². The van der Waals surface area contributed by atoms with Crippen LogP contribution < -0.4 is 10.6 Å². The van der Waals surface area contributed by atoms with Gasteiger partial charge in [0.2, 0.25) is 5.91 Å². The molecule has 1 unspecified atom stereocenters. The Kier molecular flexibility index (Phi) is 3.69. The van der Waals surface area contributed by atoms with Crippen molar-refractivity contribution in [2.75, 3.05) is 11.4 Å². The molecule has 1 heterocycles. The summed E-state index contributed by atoms with van der Waals surface area (Å²) in [5, 5.41) is 9.14. The van der Waals surface area contributed by atoms with E-state index in [1.165, 1.54) is 12.1 Å². The lowest BCUT2D eigenvalue weighted by Gasteiger charge is -2.36.